The lowest BCUT2D eigenvalue weighted by atomic mass is 10.1. The number of ether oxygens (including phenoxy) is 1. The van der Waals surface area contributed by atoms with E-state index < -0.39 is 17.5 Å². The molecule has 0 bridgehead atoms. The number of anilines is 1. The molecule has 110 valence electrons. The van der Waals surface area contributed by atoms with Crippen molar-refractivity contribution in [2.45, 2.75) is 33.3 Å². The highest BCUT2D eigenvalue weighted by atomic mass is 19.1. The van der Waals surface area contributed by atoms with E-state index in [9.17, 15) is 14.0 Å². The van der Waals surface area contributed by atoms with Crippen LogP contribution in [0.3, 0.4) is 0 Å². The van der Waals surface area contributed by atoms with Crippen molar-refractivity contribution in [2.75, 3.05) is 12.0 Å². The molecule has 0 aliphatic carbocycles. The highest BCUT2D eigenvalue weighted by molar-refractivity contribution is 5.95. The summed E-state index contributed by atoms with van der Waals surface area (Å²) in [7, 11) is 0. The largest absolute Gasteiger partial charge is 0.444 e. The number of hydrogen-bond donors (Lipinski definition) is 2. The van der Waals surface area contributed by atoms with Crippen molar-refractivity contribution >= 4 is 17.6 Å². The van der Waals surface area contributed by atoms with Crippen LogP contribution >= 0.6 is 0 Å². The molecule has 0 fully saturated rings. The SMILES string of the molecule is CC(=O)c1cc(F)cc(NCNC(=O)OC(C)(C)C)c1. The van der Waals surface area contributed by atoms with Crippen LogP contribution in [0.25, 0.3) is 0 Å². The van der Waals surface area contributed by atoms with Crippen LogP contribution in [0, 0.1) is 5.82 Å². The van der Waals surface area contributed by atoms with Gasteiger partial charge in [0.15, 0.2) is 5.78 Å². The maximum absolute atomic E-state index is 13.3. The van der Waals surface area contributed by atoms with E-state index >= 15 is 0 Å². The molecule has 0 aliphatic heterocycles. The number of benzene rings is 1. The molecule has 0 saturated carbocycles. The fourth-order valence-corrected chi connectivity index (χ4v) is 1.43. The van der Waals surface area contributed by atoms with Crippen LogP contribution in [0.5, 0.6) is 0 Å². The van der Waals surface area contributed by atoms with E-state index in [0.717, 1.165) is 6.07 Å². The zero-order chi connectivity index (χ0) is 15.3. The van der Waals surface area contributed by atoms with Gasteiger partial charge in [-0.25, -0.2) is 9.18 Å². The van der Waals surface area contributed by atoms with Gasteiger partial charge < -0.3 is 15.4 Å². The molecule has 20 heavy (non-hydrogen) atoms. The topological polar surface area (TPSA) is 67.4 Å². The van der Waals surface area contributed by atoms with E-state index in [-0.39, 0.29) is 18.0 Å². The predicted octanol–water partition coefficient (Wildman–Crippen LogP) is 2.92. The van der Waals surface area contributed by atoms with Crippen molar-refractivity contribution in [3.8, 4) is 0 Å². The summed E-state index contributed by atoms with van der Waals surface area (Å²) in [5, 5.41) is 5.27. The first kappa shape index (κ1) is 15.9. The number of nitrogens with one attached hydrogen (secondary N) is 2. The van der Waals surface area contributed by atoms with E-state index in [2.05, 4.69) is 10.6 Å². The first-order valence-corrected chi connectivity index (χ1v) is 6.19. The summed E-state index contributed by atoms with van der Waals surface area (Å²) >= 11 is 0. The lowest BCUT2D eigenvalue weighted by Crippen LogP contribution is -2.35. The van der Waals surface area contributed by atoms with Gasteiger partial charge in [0.25, 0.3) is 0 Å². The highest BCUT2D eigenvalue weighted by Gasteiger charge is 2.15. The Kier molecular flexibility index (Phi) is 5.07. The third-order valence-electron chi connectivity index (χ3n) is 2.23. The average Bonchev–Trinajstić information content (AvgIpc) is 2.25. The Morgan fingerprint density at radius 3 is 2.45 bits per heavy atom. The first-order chi connectivity index (χ1) is 9.17. The molecular weight excluding hydrogens is 263 g/mol. The maximum Gasteiger partial charge on any atom is 0.409 e. The quantitative estimate of drug-likeness (QED) is 0.658. The van der Waals surface area contributed by atoms with Gasteiger partial charge in [-0.3, -0.25) is 4.79 Å². The van der Waals surface area contributed by atoms with Gasteiger partial charge in [0.1, 0.15) is 11.4 Å². The lowest BCUT2D eigenvalue weighted by Gasteiger charge is -2.20. The second-order valence-electron chi connectivity index (χ2n) is 5.32. The molecule has 0 spiro atoms. The van der Waals surface area contributed by atoms with Gasteiger partial charge in [-0.1, -0.05) is 0 Å². The Morgan fingerprint density at radius 2 is 1.90 bits per heavy atom. The van der Waals surface area contributed by atoms with Crippen molar-refractivity contribution in [1.82, 2.24) is 5.32 Å². The van der Waals surface area contributed by atoms with E-state index in [1.807, 2.05) is 0 Å². The van der Waals surface area contributed by atoms with Crippen molar-refractivity contribution < 1.29 is 18.7 Å². The number of alkyl carbamates (subject to hydrolysis) is 1. The lowest BCUT2D eigenvalue weighted by molar-refractivity contribution is 0.0531. The van der Waals surface area contributed by atoms with E-state index in [4.69, 9.17) is 4.74 Å². The molecule has 1 rings (SSSR count). The third-order valence-corrected chi connectivity index (χ3v) is 2.23. The molecule has 1 amide bonds. The molecule has 0 atom stereocenters. The summed E-state index contributed by atoms with van der Waals surface area (Å²) in [4.78, 5) is 22.6. The van der Waals surface area contributed by atoms with Gasteiger partial charge in [0, 0.05) is 11.3 Å². The molecule has 0 radical (unpaired) electrons. The van der Waals surface area contributed by atoms with Gasteiger partial charge in [-0.2, -0.15) is 0 Å². The summed E-state index contributed by atoms with van der Waals surface area (Å²) in [5.74, 6) is -0.745. The van der Waals surface area contributed by atoms with Crippen LogP contribution in [0.2, 0.25) is 0 Å². The minimum atomic E-state index is -0.579. The van der Waals surface area contributed by atoms with Gasteiger partial charge in [-0.05, 0) is 45.9 Å². The van der Waals surface area contributed by atoms with Crippen molar-refractivity contribution in [2.24, 2.45) is 0 Å². The summed E-state index contributed by atoms with van der Waals surface area (Å²) in [6.07, 6.45) is -0.576. The molecule has 1 aromatic rings. The highest BCUT2D eigenvalue weighted by Crippen LogP contribution is 2.14. The third kappa shape index (κ3) is 5.69. The number of hydrogen-bond acceptors (Lipinski definition) is 4. The second kappa shape index (κ2) is 6.36. The number of carbonyl (C=O) groups excluding carboxylic acids is 2. The average molecular weight is 282 g/mol. The number of amides is 1. The predicted molar refractivity (Wildman–Crippen MR) is 74.3 cm³/mol. The molecule has 0 aromatic heterocycles. The fourth-order valence-electron chi connectivity index (χ4n) is 1.43. The Morgan fingerprint density at radius 1 is 1.25 bits per heavy atom. The molecule has 1 aromatic carbocycles. The summed E-state index contributed by atoms with van der Waals surface area (Å²) in [6, 6.07) is 3.92. The Bertz CT molecular complexity index is 510. The standard InChI is InChI=1S/C14H19FN2O3/c1-9(18)10-5-11(15)7-12(6-10)16-8-17-13(19)20-14(2,3)4/h5-7,16H,8H2,1-4H3,(H,17,19). The number of halogens is 1. The summed E-state index contributed by atoms with van der Waals surface area (Å²) < 4.78 is 18.3. The number of carbonyl (C=O) groups is 2. The maximum atomic E-state index is 13.3. The van der Waals surface area contributed by atoms with Gasteiger partial charge in [0.05, 0.1) is 6.67 Å². The Labute approximate surface area is 117 Å². The monoisotopic (exact) mass is 282 g/mol. The van der Waals surface area contributed by atoms with Crippen LogP contribution in [0.4, 0.5) is 14.9 Å². The normalized spacial score (nSPS) is 10.8. The van der Waals surface area contributed by atoms with E-state index in [1.165, 1.54) is 19.1 Å². The summed E-state index contributed by atoms with van der Waals surface area (Å²) in [6.45, 7) is 6.69. The minimum absolute atomic E-state index is 0.0652. The molecule has 0 heterocycles. The molecule has 0 unspecified atom stereocenters. The number of Topliss-reactive ketones (excluding diaryl/α,β-unsaturated/α-hetero) is 1. The van der Waals surface area contributed by atoms with Crippen LogP contribution in [-0.2, 0) is 4.74 Å². The van der Waals surface area contributed by atoms with Gasteiger partial charge in [-0.15, -0.1) is 0 Å². The zero-order valence-electron chi connectivity index (χ0n) is 12.0. The number of ketones is 1. The van der Waals surface area contributed by atoms with Crippen LogP contribution in [0.15, 0.2) is 18.2 Å². The van der Waals surface area contributed by atoms with Crippen molar-refractivity contribution in [3.05, 3.63) is 29.6 Å². The fraction of sp³-hybridized carbons (Fsp3) is 0.429. The van der Waals surface area contributed by atoms with Crippen LogP contribution < -0.4 is 10.6 Å². The Hall–Kier alpha value is -2.11. The van der Waals surface area contributed by atoms with E-state index in [0.29, 0.717) is 5.69 Å². The minimum Gasteiger partial charge on any atom is -0.444 e. The van der Waals surface area contributed by atoms with Crippen molar-refractivity contribution in [1.29, 1.82) is 0 Å². The van der Waals surface area contributed by atoms with Crippen LogP contribution in [0.1, 0.15) is 38.1 Å². The molecular formula is C14H19FN2O3. The van der Waals surface area contributed by atoms with Gasteiger partial charge in [0.2, 0.25) is 0 Å². The summed E-state index contributed by atoms with van der Waals surface area (Å²) in [5.41, 5.74) is 0.0982. The molecule has 5 nitrogen and oxygen atoms in total. The van der Waals surface area contributed by atoms with Crippen LogP contribution in [-0.4, -0.2) is 24.1 Å². The van der Waals surface area contributed by atoms with E-state index in [1.54, 1.807) is 20.8 Å². The molecule has 0 saturated heterocycles. The smallest absolute Gasteiger partial charge is 0.409 e. The van der Waals surface area contributed by atoms with Gasteiger partial charge >= 0.3 is 6.09 Å². The molecule has 6 heteroatoms. The number of rotatable bonds is 4. The zero-order valence-corrected chi connectivity index (χ0v) is 12.0. The molecule has 2 N–H and O–H groups in total. The first-order valence-electron chi connectivity index (χ1n) is 6.19. The van der Waals surface area contributed by atoms with Crippen molar-refractivity contribution in [3.63, 3.8) is 0 Å². The second-order valence-corrected chi connectivity index (χ2v) is 5.32. The molecule has 0 aliphatic rings. The Balaban J connectivity index is 2.54.